The molecule has 0 aromatic heterocycles. The van der Waals surface area contributed by atoms with Gasteiger partial charge in [0, 0.05) is 11.6 Å². The fourth-order valence-electron chi connectivity index (χ4n) is 2.57. The molecule has 1 fully saturated rings. The van der Waals surface area contributed by atoms with Gasteiger partial charge in [0.15, 0.2) is 0 Å². The van der Waals surface area contributed by atoms with Gasteiger partial charge in [-0.3, -0.25) is 0 Å². The number of hydrogen-bond acceptors (Lipinski definition) is 2. The predicted octanol–water partition coefficient (Wildman–Crippen LogP) is 1.84. The lowest BCUT2D eigenvalue weighted by Crippen LogP contribution is -2.57. The molecule has 2 heteroatoms. The lowest BCUT2D eigenvalue weighted by Gasteiger charge is -2.47. The van der Waals surface area contributed by atoms with Crippen LogP contribution in [-0.2, 0) is 0 Å². The molecule has 0 amide bonds. The van der Waals surface area contributed by atoms with Gasteiger partial charge in [0.25, 0.3) is 0 Å². The second-order valence-corrected chi connectivity index (χ2v) is 4.97. The van der Waals surface area contributed by atoms with E-state index in [2.05, 4.69) is 32.8 Å². The van der Waals surface area contributed by atoms with E-state index < -0.39 is 0 Å². The molecule has 1 atom stereocenters. The maximum atomic E-state index is 6.11. The number of nitrogens with zero attached hydrogens (tertiary/aromatic N) is 1. The molecule has 0 spiro atoms. The highest BCUT2D eigenvalue weighted by atomic mass is 15.2. The number of hydrogen-bond donors (Lipinski definition) is 1. The minimum absolute atomic E-state index is 0.270. The first kappa shape index (κ1) is 11.0. The second-order valence-electron chi connectivity index (χ2n) is 4.97. The summed E-state index contributed by atoms with van der Waals surface area (Å²) in [5.74, 6) is 0.895. The van der Waals surface area contributed by atoms with Crippen LogP contribution in [0.25, 0.3) is 0 Å². The third kappa shape index (κ3) is 2.05. The summed E-state index contributed by atoms with van der Waals surface area (Å²) in [5, 5.41) is 0. The van der Waals surface area contributed by atoms with Crippen molar-refractivity contribution >= 4 is 0 Å². The van der Waals surface area contributed by atoms with E-state index in [1.54, 1.807) is 0 Å². The van der Waals surface area contributed by atoms with Crippen LogP contribution in [0.4, 0.5) is 0 Å². The largest absolute Gasteiger partial charge is 0.326 e. The molecule has 1 saturated carbocycles. The Morgan fingerprint density at radius 3 is 2.08 bits per heavy atom. The lowest BCUT2D eigenvalue weighted by atomic mass is 9.73. The van der Waals surface area contributed by atoms with E-state index in [0.29, 0.717) is 0 Å². The zero-order chi connectivity index (χ0) is 10.1. The Labute approximate surface area is 82.5 Å². The minimum Gasteiger partial charge on any atom is -0.326 e. The van der Waals surface area contributed by atoms with E-state index in [4.69, 9.17) is 5.73 Å². The van der Waals surface area contributed by atoms with Crippen LogP contribution in [0.1, 0.15) is 39.5 Å². The van der Waals surface area contributed by atoms with Crippen LogP contribution in [0.2, 0.25) is 0 Å². The molecule has 0 bridgehead atoms. The molecule has 0 aliphatic heterocycles. The Kier molecular flexibility index (Phi) is 3.36. The van der Waals surface area contributed by atoms with Crippen molar-refractivity contribution in [2.75, 3.05) is 14.1 Å². The van der Waals surface area contributed by atoms with E-state index in [-0.39, 0.29) is 11.6 Å². The standard InChI is InChI=1S/C11H24N2/c1-9-5-7-11(8-6-9,10(2)12)13(3)4/h9-10H,5-8,12H2,1-4H3. The van der Waals surface area contributed by atoms with Gasteiger partial charge in [0.2, 0.25) is 0 Å². The molecule has 1 rings (SSSR count). The molecule has 0 saturated heterocycles. The average molecular weight is 184 g/mol. The van der Waals surface area contributed by atoms with Crippen molar-refractivity contribution < 1.29 is 0 Å². The molecule has 2 nitrogen and oxygen atoms in total. The molecule has 0 aromatic carbocycles. The smallest absolute Gasteiger partial charge is 0.0351 e. The number of nitrogens with two attached hydrogens (primary N) is 1. The highest BCUT2D eigenvalue weighted by Crippen LogP contribution is 2.36. The average Bonchev–Trinajstić information content (AvgIpc) is 2.04. The normalized spacial score (nSPS) is 37.8. The van der Waals surface area contributed by atoms with E-state index in [9.17, 15) is 0 Å². The fraction of sp³-hybridized carbons (Fsp3) is 1.00. The van der Waals surface area contributed by atoms with Gasteiger partial charge in [-0.15, -0.1) is 0 Å². The van der Waals surface area contributed by atoms with Crippen LogP contribution < -0.4 is 5.73 Å². The van der Waals surface area contributed by atoms with E-state index in [1.807, 2.05) is 0 Å². The van der Waals surface area contributed by atoms with E-state index in [0.717, 1.165) is 5.92 Å². The van der Waals surface area contributed by atoms with Crippen molar-refractivity contribution in [2.45, 2.75) is 51.1 Å². The van der Waals surface area contributed by atoms with Crippen molar-refractivity contribution in [2.24, 2.45) is 11.7 Å². The summed E-state index contributed by atoms with van der Waals surface area (Å²) >= 11 is 0. The molecule has 78 valence electrons. The van der Waals surface area contributed by atoms with E-state index in [1.165, 1.54) is 25.7 Å². The van der Waals surface area contributed by atoms with Crippen LogP contribution in [0.3, 0.4) is 0 Å². The van der Waals surface area contributed by atoms with Crippen LogP contribution >= 0.6 is 0 Å². The fourth-order valence-corrected chi connectivity index (χ4v) is 2.57. The van der Waals surface area contributed by atoms with Gasteiger partial charge in [-0.05, 0) is 52.6 Å². The highest BCUT2D eigenvalue weighted by molar-refractivity contribution is 4.98. The maximum Gasteiger partial charge on any atom is 0.0351 e. The Morgan fingerprint density at radius 2 is 1.77 bits per heavy atom. The Morgan fingerprint density at radius 1 is 1.31 bits per heavy atom. The van der Waals surface area contributed by atoms with Crippen molar-refractivity contribution in [1.29, 1.82) is 0 Å². The van der Waals surface area contributed by atoms with Crippen molar-refractivity contribution in [1.82, 2.24) is 4.90 Å². The second kappa shape index (κ2) is 3.97. The zero-order valence-electron chi connectivity index (χ0n) is 9.51. The summed E-state index contributed by atoms with van der Waals surface area (Å²) in [6.07, 6.45) is 5.19. The Hall–Kier alpha value is -0.0800. The summed E-state index contributed by atoms with van der Waals surface area (Å²) < 4.78 is 0. The first-order valence-corrected chi connectivity index (χ1v) is 5.42. The maximum absolute atomic E-state index is 6.11. The van der Waals surface area contributed by atoms with Crippen LogP contribution in [-0.4, -0.2) is 30.6 Å². The van der Waals surface area contributed by atoms with Crippen molar-refractivity contribution in [3.05, 3.63) is 0 Å². The number of rotatable bonds is 2. The molecule has 1 aliphatic carbocycles. The molecule has 0 radical (unpaired) electrons. The lowest BCUT2D eigenvalue weighted by molar-refractivity contribution is 0.0624. The van der Waals surface area contributed by atoms with E-state index >= 15 is 0 Å². The monoisotopic (exact) mass is 184 g/mol. The van der Waals surface area contributed by atoms with Gasteiger partial charge >= 0.3 is 0 Å². The number of likely N-dealkylation sites (N-methyl/N-ethyl adjacent to an activating group) is 1. The van der Waals surface area contributed by atoms with Crippen LogP contribution in [0, 0.1) is 5.92 Å². The summed E-state index contributed by atoms with van der Waals surface area (Å²) in [7, 11) is 4.33. The molecule has 1 unspecified atom stereocenters. The zero-order valence-corrected chi connectivity index (χ0v) is 9.51. The summed E-state index contributed by atoms with van der Waals surface area (Å²) in [6, 6.07) is 0.287. The van der Waals surface area contributed by atoms with Crippen LogP contribution in [0.15, 0.2) is 0 Å². The van der Waals surface area contributed by atoms with Crippen molar-refractivity contribution in [3.8, 4) is 0 Å². The molecular weight excluding hydrogens is 160 g/mol. The molecule has 1 aliphatic rings. The van der Waals surface area contributed by atoms with Gasteiger partial charge in [0.05, 0.1) is 0 Å². The molecular formula is C11H24N2. The summed E-state index contributed by atoms with van der Waals surface area (Å²) in [6.45, 7) is 4.50. The SMILES string of the molecule is CC1CCC(C(C)N)(N(C)C)CC1. The van der Waals surface area contributed by atoms with Gasteiger partial charge < -0.3 is 10.6 Å². The Bertz CT molecular complexity index is 145. The predicted molar refractivity (Wildman–Crippen MR) is 57.7 cm³/mol. The Balaban J connectivity index is 2.69. The minimum atomic E-state index is 0.270. The highest BCUT2D eigenvalue weighted by Gasteiger charge is 2.39. The third-order valence-electron chi connectivity index (χ3n) is 3.88. The quantitative estimate of drug-likeness (QED) is 0.709. The van der Waals surface area contributed by atoms with Gasteiger partial charge in [-0.2, -0.15) is 0 Å². The summed E-state index contributed by atoms with van der Waals surface area (Å²) in [4.78, 5) is 2.34. The topological polar surface area (TPSA) is 29.3 Å². The molecule has 2 N–H and O–H groups in total. The molecule has 0 heterocycles. The van der Waals surface area contributed by atoms with Gasteiger partial charge in [-0.25, -0.2) is 0 Å². The van der Waals surface area contributed by atoms with Gasteiger partial charge in [-0.1, -0.05) is 6.92 Å². The molecule has 0 aromatic rings. The van der Waals surface area contributed by atoms with Gasteiger partial charge in [0.1, 0.15) is 0 Å². The molecule has 13 heavy (non-hydrogen) atoms. The van der Waals surface area contributed by atoms with Crippen LogP contribution in [0.5, 0.6) is 0 Å². The first-order chi connectivity index (χ1) is 5.99. The third-order valence-corrected chi connectivity index (χ3v) is 3.88. The van der Waals surface area contributed by atoms with Crippen molar-refractivity contribution in [3.63, 3.8) is 0 Å². The summed E-state index contributed by atoms with van der Waals surface area (Å²) in [5.41, 5.74) is 6.38. The first-order valence-electron chi connectivity index (χ1n) is 5.42.